The van der Waals surface area contributed by atoms with Crippen LogP contribution in [-0.4, -0.2) is 41.7 Å². The van der Waals surface area contributed by atoms with Crippen LogP contribution in [0.2, 0.25) is 0 Å². The molecule has 0 aliphatic carbocycles. The molecule has 0 unspecified atom stereocenters. The highest BCUT2D eigenvalue weighted by molar-refractivity contribution is 5.94. The molecule has 2 aliphatic heterocycles. The fourth-order valence-corrected chi connectivity index (χ4v) is 6.85. The van der Waals surface area contributed by atoms with Gasteiger partial charge in [-0.15, -0.1) is 0 Å². The molecule has 2 fully saturated rings. The number of nitrogens with one attached hydrogen (secondary N) is 1. The Bertz CT molecular complexity index is 1780. The molecule has 51 heavy (non-hydrogen) atoms. The molecule has 2 aliphatic rings. The smallest absolute Gasteiger partial charge is 0.257 e. The Kier molecular flexibility index (Phi) is 11.8. The van der Waals surface area contributed by atoms with E-state index in [0.717, 1.165) is 47.5 Å². The molecule has 4 aromatic carbocycles. The normalized spacial score (nSPS) is 21.5. The Morgan fingerprint density at radius 3 is 2.00 bits per heavy atom. The molecule has 2 N–H and O–H groups in total. The van der Waals surface area contributed by atoms with Gasteiger partial charge in [-0.3, -0.25) is 4.79 Å². The highest BCUT2D eigenvalue weighted by atomic mass is 19.2. The van der Waals surface area contributed by atoms with Gasteiger partial charge in [0.25, 0.3) is 5.91 Å². The van der Waals surface area contributed by atoms with Crippen LogP contribution in [0.25, 0.3) is 11.1 Å². The molecule has 6 rings (SSSR count). The number of carbonyl (C=O) groups excluding carboxylic acids is 1. The second-order valence-corrected chi connectivity index (χ2v) is 13.3. The van der Waals surface area contributed by atoms with E-state index in [4.69, 9.17) is 9.47 Å². The van der Waals surface area contributed by atoms with E-state index in [9.17, 15) is 31.9 Å². The molecular weight excluding hydrogens is 667 g/mol. The van der Waals surface area contributed by atoms with Crippen molar-refractivity contribution in [3.8, 4) is 11.1 Å². The molecule has 0 aromatic heterocycles. The molecule has 0 spiro atoms. The Balaban J connectivity index is 1.18. The summed E-state index contributed by atoms with van der Waals surface area (Å²) in [5, 5.41) is 11.8. The van der Waals surface area contributed by atoms with Crippen molar-refractivity contribution >= 4 is 5.91 Å². The van der Waals surface area contributed by atoms with E-state index in [1.807, 2.05) is 54.6 Å². The first-order valence-corrected chi connectivity index (χ1v) is 17.4. The van der Waals surface area contributed by atoms with E-state index in [0.29, 0.717) is 5.56 Å². The summed E-state index contributed by atoms with van der Waals surface area (Å²) in [7, 11) is 0. The van der Waals surface area contributed by atoms with Crippen LogP contribution < -0.4 is 5.32 Å². The first-order valence-electron chi connectivity index (χ1n) is 17.4. The molecule has 11 heteroatoms. The summed E-state index contributed by atoms with van der Waals surface area (Å²) in [4.78, 5) is 15.0. The number of hydrogen-bond donors (Lipinski definition) is 2. The van der Waals surface area contributed by atoms with E-state index in [1.165, 1.54) is 32.1 Å². The van der Waals surface area contributed by atoms with Crippen LogP contribution in [0.3, 0.4) is 0 Å². The molecule has 0 radical (unpaired) electrons. The SMILES string of the molecule is C[C@@H]1[C@H](CN2CCCCCCC2)O[C@H](c2ccc(-c3cccc(CNC(=O)c4c(F)c(F)c(F)c(F)c4F)c3)cc2)O[C@@H]1c1ccc(CO)cc1. The zero-order chi connectivity index (χ0) is 36.1. The number of carbonyl (C=O) groups is 1. The van der Waals surface area contributed by atoms with Gasteiger partial charge in [0.15, 0.2) is 29.6 Å². The third-order valence-corrected chi connectivity index (χ3v) is 9.84. The van der Waals surface area contributed by atoms with Gasteiger partial charge in [-0.2, -0.15) is 0 Å². The second kappa shape index (κ2) is 16.5. The first-order chi connectivity index (χ1) is 24.6. The van der Waals surface area contributed by atoms with Crippen molar-refractivity contribution in [1.82, 2.24) is 10.2 Å². The third-order valence-electron chi connectivity index (χ3n) is 9.84. The van der Waals surface area contributed by atoms with Gasteiger partial charge in [-0.25, -0.2) is 22.0 Å². The fourth-order valence-electron chi connectivity index (χ4n) is 6.85. The highest BCUT2D eigenvalue weighted by Gasteiger charge is 2.39. The van der Waals surface area contributed by atoms with Crippen LogP contribution in [0.1, 0.15) is 84.0 Å². The molecule has 2 heterocycles. The minimum atomic E-state index is -2.33. The van der Waals surface area contributed by atoms with Crippen LogP contribution in [0.5, 0.6) is 0 Å². The maximum atomic E-state index is 14.1. The monoisotopic (exact) mass is 708 g/mol. The molecule has 270 valence electrons. The third kappa shape index (κ3) is 8.33. The lowest BCUT2D eigenvalue weighted by molar-refractivity contribution is -0.276. The number of nitrogens with zero attached hydrogens (tertiary/aromatic N) is 1. The molecule has 6 nitrogen and oxygen atoms in total. The number of halogens is 5. The van der Waals surface area contributed by atoms with Crippen molar-refractivity contribution in [1.29, 1.82) is 0 Å². The van der Waals surface area contributed by atoms with Gasteiger partial charge < -0.3 is 24.8 Å². The van der Waals surface area contributed by atoms with E-state index in [1.54, 1.807) is 18.2 Å². The van der Waals surface area contributed by atoms with Gasteiger partial charge >= 0.3 is 0 Å². The maximum absolute atomic E-state index is 14.1. The first kappa shape index (κ1) is 36.6. The lowest BCUT2D eigenvalue weighted by Gasteiger charge is -2.43. The molecular formula is C40H41F5N2O4. The average molecular weight is 709 g/mol. The average Bonchev–Trinajstić information content (AvgIpc) is 3.14. The number of aliphatic hydroxyl groups excluding tert-OH is 1. The number of benzene rings is 4. The van der Waals surface area contributed by atoms with E-state index in [2.05, 4.69) is 17.1 Å². The second-order valence-electron chi connectivity index (χ2n) is 13.3. The summed E-state index contributed by atoms with van der Waals surface area (Å²) in [6.45, 7) is 4.80. The van der Waals surface area contributed by atoms with Crippen molar-refractivity contribution in [3.63, 3.8) is 0 Å². The zero-order valence-corrected chi connectivity index (χ0v) is 28.3. The summed E-state index contributed by atoms with van der Waals surface area (Å²) >= 11 is 0. The number of hydrogen-bond acceptors (Lipinski definition) is 5. The van der Waals surface area contributed by atoms with Crippen molar-refractivity contribution in [3.05, 3.63) is 130 Å². The van der Waals surface area contributed by atoms with E-state index >= 15 is 0 Å². The molecule has 1 amide bonds. The predicted molar refractivity (Wildman–Crippen MR) is 182 cm³/mol. The Morgan fingerprint density at radius 2 is 1.35 bits per heavy atom. The highest BCUT2D eigenvalue weighted by Crippen LogP contribution is 2.42. The largest absolute Gasteiger partial charge is 0.392 e. The summed E-state index contributed by atoms with van der Waals surface area (Å²) in [6, 6.07) is 22.6. The van der Waals surface area contributed by atoms with Gasteiger partial charge in [0, 0.05) is 24.6 Å². The van der Waals surface area contributed by atoms with Gasteiger partial charge in [-0.1, -0.05) is 92.9 Å². The van der Waals surface area contributed by atoms with Crippen LogP contribution in [0.4, 0.5) is 22.0 Å². The maximum Gasteiger partial charge on any atom is 0.257 e. The molecule has 4 atom stereocenters. The molecule has 0 bridgehead atoms. The van der Waals surface area contributed by atoms with Gasteiger partial charge in [0.05, 0.1) is 18.8 Å². The van der Waals surface area contributed by atoms with E-state index in [-0.39, 0.29) is 31.3 Å². The zero-order valence-electron chi connectivity index (χ0n) is 28.3. The lowest BCUT2D eigenvalue weighted by Crippen LogP contribution is -2.45. The van der Waals surface area contributed by atoms with Gasteiger partial charge in [0.2, 0.25) is 5.82 Å². The number of ether oxygens (including phenoxy) is 2. The molecule has 2 saturated heterocycles. The lowest BCUT2D eigenvalue weighted by atomic mass is 9.89. The molecule has 0 saturated carbocycles. The van der Waals surface area contributed by atoms with Crippen molar-refractivity contribution in [2.45, 2.75) is 70.7 Å². The van der Waals surface area contributed by atoms with Crippen molar-refractivity contribution in [2.24, 2.45) is 5.92 Å². The number of likely N-dealkylation sites (tertiary alicyclic amines) is 1. The van der Waals surface area contributed by atoms with Crippen LogP contribution >= 0.6 is 0 Å². The summed E-state index contributed by atoms with van der Waals surface area (Å²) in [5.74, 6) is -12.4. The van der Waals surface area contributed by atoms with Crippen molar-refractivity contribution in [2.75, 3.05) is 19.6 Å². The quantitative estimate of drug-likeness (QED) is 0.104. The Morgan fingerprint density at radius 1 is 0.745 bits per heavy atom. The van der Waals surface area contributed by atoms with Gasteiger partial charge in [-0.05, 0) is 59.8 Å². The number of aliphatic hydroxyl groups is 1. The minimum absolute atomic E-state index is 0.0347. The molecule has 4 aromatic rings. The number of rotatable bonds is 9. The Labute approximate surface area is 294 Å². The van der Waals surface area contributed by atoms with Crippen LogP contribution in [0, 0.1) is 35.0 Å². The van der Waals surface area contributed by atoms with Crippen LogP contribution in [0.15, 0.2) is 72.8 Å². The standard InChI is InChI=1S/C40H41F5N2O4/c1-24-31(22-47-18-5-3-2-4-6-19-47)50-40(51-38(24)28-12-10-25(23-48)11-13-28)29-16-14-27(15-17-29)30-9-7-8-26(20-30)21-46-39(49)32-33(41)35(43)37(45)36(44)34(32)42/h7-17,20,24,31,38,40,48H,2-6,18-19,21-23H2,1H3,(H,46,49)/t24-,31+,38+,40+/m1/s1. The predicted octanol–water partition coefficient (Wildman–Crippen LogP) is 8.53. The summed E-state index contributed by atoms with van der Waals surface area (Å²) in [6.07, 6.45) is 5.18. The number of amides is 1. The topological polar surface area (TPSA) is 71.0 Å². The Hall–Kier alpha value is -4.16. The van der Waals surface area contributed by atoms with Gasteiger partial charge in [0.1, 0.15) is 5.56 Å². The fraction of sp³-hybridized carbons (Fsp3) is 0.375. The van der Waals surface area contributed by atoms with Crippen LogP contribution in [-0.2, 0) is 22.6 Å². The van der Waals surface area contributed by atoms with E-state index < -0.39 is 46.8 Å². The van der Waals surface area contributed by atoms with Crippen molar-refractivity contribution < 1.29 is 41.3 Å². The minimum Gasteiger partial charge on any atom is -0.392 e. The summed E-state index contributed by atoms with van der Waals surface area (Å²) in [5.41, 5.74) is 3.32. The summed E-state index contributed by atoms with van der Waals surface area (Å²) < 4.78 is 82.3.